The van der Waals surface area contributed by atoms with Crippen LogP contribution in [0.3, 0.4) is 0 Å². The Balaban J connectivity index is 2.10. The van der Waals surface area contributed by atoms with Crippen LogP contribution in [0.4, 0.5) is 5.69 Å². The molecular weight excluding hydrogens is 589 g/mol. The van der Waals surface area contributed by atoms with Crippen LogP contribution < -0.4 is 19.1 Å². The minimum Gasteiger partial charge on any atom is -0.493 e. The van der Waals surface area contributed by atoms with Gasteiger partial charge in [-0.15, -0.1) is 0 Å². The number of hydrogen-bond donors (Lipinski definition) is 1. The first kappa shape index (κ1) is 32.0. The van der Waals surface area contributed by atoms with E-state index in [0.717, 1.165) is 9.87 Å². The average Bonchev–Trinajstić information content (AvgIpc) is 2.97. The highest BCUT2D eigenvalue weighted by molar-refractivity contribution is 7.92. The van der Waals surface area contributed by atoms with E-state index in [1.54, 1.807) is 49.4 Å². The first-order valence-electron chi connectivity index (χ1n) is 12.7. The third kappa shape index (κ3) is 7.44. The molecule has 0 radical (unpaired) electrons. The van der Waals surface area contributed by atoms with Gasteiger partial charge in [-0.3, -0.25) is 13.9 Å². The van der Waals surface area contributed by atoms with Gasteiger partial charge in [-0.1, -0.05) is 53.9 Å². The minimum atomic E-state index is -4.29. The number of methoxy groups -OCH3 is 2. The number of carbonyl (C=O) groups is 2. The Bertz CT molecular complexity index is 1500. The van der Waals surface area contributed by atoms with E-state index in [4.69, 9.17) is 32.7 Å². The molecule has 0 aromatic heterocycles. The molecule has 0 aliphatic carbocycles. The zero-order chi connectivity index (χ0) is 30.3. The lowest BCUT2D eigenvalue weighted by atomic mass is 10.1. The lowest BCUT2D eigenvalue weighted by Gasteiger charge is -2.33. The molecule has 0 fully saturated rings. The Hall–Kier alpha value is -3.47. The number of benzene rings is 3. The molecule has 220 valence electrons. The fraction of sp³-hybridized carbons (Fsp3) is 0.310. The predicted molar refractivity (Wildman–Crippen MR) is 160 cm³/mol. The molecule has 0 unspecified atom stereocenters. The summed E-state index contributed by atoms with van der Waals surface area (Å²) < 4.78 is 39.7. The fourth-order valence-corrected chi connectivity index (χ4v) is 6.02. The number of nitrogens with one attached hydrogen (secondary N) is 1. The summed E-state index contributed by atoms with van der Waals surface area (Å²) in [5.41, 5.74) is 1.82. The lowest BCUT2D eigenvalue weighted by molar-refractivity contribution is -0.140. The summed E-state index contributed by atoms with van der Waals surface area (Å²) in [6.07, 6.45) is 0.291. The molecule has 0 heterocycles. The molecule has 0 saturated heterocycles. The van der Waals surface area contributed by atoms with Crippen molar-refractivity contribution in [3.8, 4) is 11.5 Å². The Morgan fingerprint density at radius 1 is 0.927 bits per heavy atom. The first-order valence-corrected chi connectivity index (χ1v) is 14.9. The second kappa shape index (κ2) is 13.9. The highest BCUT2D eigenvalue weighted by atomic mass is 35.5. The average molecular weight is 623 g/mol. The van der Waals surface area contributed by atoms with Crippen LogP contribution in [0.25, 0.3) is 0 Å². The van der Waals surface area contributed by atoms with Gasteiger partial charge in [0.15, 0.2) is 11.5 Å². The molecule has 41 heavy (non-hydrogen) atoms. The third-order valence-electron chi connectivity index (χ3n) is 6.51. The second-order valence-electron chi connectivity index (χ2n) is 9.17. The number of carbonyl (C=O) groups excluding carboxylic acids is 2. The lowest BCUT2D eigenvalue weighted by Crippen LogP contribution is -2.51. The van der Waals surface area contributed by atoms with Gasteiger partial charge in [0.05, 0.1) is 34.8 Å². The smallest absolute Gasteiger partial charge is 0.264 e. The maximum Gasteiger partial charge on any atom is 0.264 e. The monoisotopic (exact) mass is 621 g/mol. The second-order valence-corrected chi connectivity index (χ2v) is 11.8. The summed E-state index contributed by atoms with van der Waals surface area (Å²) in [6.45, 7) is 3.07. The summed E-state index contributed by atoms with van der Waals surface area (Å²) in [5.74, 6) is -0.397. The van der Waals surface area contributed by atoms with Crippen molar-refractivity contribution in [3.63, 3.8) is 0 Å². The van der Waals surface area contributed by atoms with Crippen molar-refractivity contribution in [2.75, 3.05) is 32.1 Å². The van der Waals surface area contributed by atoms with E-state index >= 15 is 0 Å². The van der Waals surface area contributed by atoms with Gasteiger partial charge in [0.25, 0.3) is 10.0 Å². The number of anilines is 1. The van der Waals surface area contributed by atoms with Gasteiger partial charge >= 0.3 is 0 Å². The van der Waals surface area contributed by atoms with Crippen molar-refractivity contribution in [1.29, 1.82) is 0 Å². The van der Waals surface area contributed by atoms with E-state index in [2.05, 4.69) is 5.32 Å². The summed E-state index contributed by atoms with van der Waals surface area (Å²) in [5, 5.41) is 3.23. The molecule has 2 amide bonds. The van der Waals surface area contributed by atoms with E-state index in [9.17, 15) is 18.0 Å². The van der Waals surface area contributed by atoms with Crippen LogP contribution in [0, 0.1) is 6.92 Å². The van der Waals surface area contributed by atoms with Crippen LogP contribution in [0.5, 0.6) is 11.5 Å². The molecule has 0 bridgehead atoms. The molecule has 0 spiro atoms. The Morgan fingerprint density at radius 3 is 2.15 bits per heavy atom. The number of hydrogen-bond acceptors (Lipinski definition) is 6. The number of halogens is 2. The number of amides is 2. The highest BCUT2D eigenvalue weighted by Crippen LogP contribution is 2.32. The first-order chi connectivity index (χ1) is 19.5. The molecular formula is C29H33Cl2N3O6S. The number of sulfonamides is 1. The third-order valence-corrected chi connectivity index (χ3v) is 9.02. The van der Waals surface area contributed by atoms with Crippen LogP contribution in [0.1, 0.15) is 24.5 Å². The summed E-state index contributed by atoms with van der Waals surface area (Å²) in [4.78, 5) is 28.1. The zero-order valence-electron chi connectivity index (χ0n) is 23.5. The standard InChI is InChI=1S/C29H33Cl2N3O6S/c1-6-25(29(36)32-3)33(17-20-9-13-23(30)24(31)15-20)28(35)18-34(21-10-7-19(2)8-11-21)41(37,38)22-12-14-26(39-4)27(16-22)40-5/h7-16,25H,6,17-18H2,1-5H3,(H,32,36)/t25-/m0/s1. The van der Waals surface area contributed by atoms with Crippen LogP contribution in [-0.2, 0) is 26.2 Å². The molecule has 1 N–H and O–H groups in total. The molecule has 12 heteroatoms. The number of nitrogens with zero attached hydrogens (tertiary/aromatic N) is 2. The van der Waals surface area contributed by atoms with Gasteiger partial charge in [0.2, 0.25) is 11.8 Å². The maximum atomic E-state index is 14.1. The van der Waals surface area contributed by atoms with Crippen molar-refractivity contribution in [3.05, 3.63) is 81.8 Å². The largest absolute Gasteiger partial charge is 0.493 e. The van der Waals surface area contributed by atoms with Gasteiger partial charge in [0.1, 0.15) is 12.6 Å². The Morgan fingerprint density at radius 2 is 1.59 bits per heavy atom. The molecule has 3 aromatic rings. The highest BCUT2D eigenvalue weighted by Gasteiger charge is 2.34. The minimum absolute atomic E-state index is 0.000205. The van der Waals surface area contributed by atoms with Gasteiger partial charge in [-0.25, -0.2) is 8.42 Å². The topological polar surface area (TPSA) is 105 Å². The van der Waals surface area contributed by atoms with Crippen LogP contribution in [-0.4, -0.2) is 59.0 Å². The number of aryl methyl sites for hydroxylation is 1. The quantitative estimate of drug-likeness (QED) is 0.303. The van der Waals surface area contributed by atoms with Crippen LogP contribution in [0.15, 0.2) is 65.6 Å². The van der Waals surface area contributed by atoms with E-state index in [1.165, 1.54) is 44.4 Å². The van der Waals surface area contributed by atoms with E-state index in [-0.39, 0.29) is 28.8 Å². The van der Waals surface area contributed by atoms with Crippen molar-refractivity contribution >= 4 is 50.7 Å². The molecule has 0 aliphatic heterocycles. The molecule has 9 nitrogen and oxygen atoms in total. The van der Waals surface area contributed by atoms with Gasteiger partial charge in [-0.05, 0) is 55.3 Å². The molecule has 1 atom stereocenters. The Kier molecular flexibility index (Phi) is 10.9. The number of likely N-dealkylation sites (N-methyl/N-ethyl adjacent to an activating group) is 1. The predicted octanol–water partition coefficient (Wildman–Crippen LogP) is 5.07. The van der Waals surface area contributed by atoms with Gasteiger partial charge in [-0.2, -0.15) is 0 Å². The molecule has 0 aliphatic rings. The van der Waals surface area contributed by atoms with Gasteiger partial charge in [0, 0.05) is 19.7 Å². The van der Waals surface area contributed by atoms with Crippen LogP contribution >= 0.6 is 23.2 Å². The molecule has 3 aromatic carbocycles. The summed E-state index contributed by atoms with van der Waals surface area (Å²) in [7, 11) is 0.0434. The van der Waals surface area contributed by atoms with Crippen LogP contribution in [0.2, 0.25) is 10.0 Å². The fourth-order valence-electron chi connectivity index (χ4n) is 4.26. The number of rotatable bonds is 12. The molecule has 0 saturated carbocycles. The zero-order valence-corrected chi connectivity index (χ0v) is 25.8. The van der Waals surface area contributed by atoms with Crippen molar-refractivity contribution < 1.29 is 27.5 Å². The Labute approximate surface area is 251 Å². The normalized spacial score (nSPS) is 11.9. The van der Waals surface area contributed by atoms with Crippen molar-refractivity contribution in [2.24, 2.45) is 0 Å². The SMILES string of the molecule is CC[C@@H](C(=O)NC)N(Cc1ccc(Cl)c(Cl)c1)C(=O)CN(c1ccc(C)cc1)S(=O)(=O)c1ccc(OC)c(OC)c1. The van der Waals surface area contributed by atoms with E-state index in [1.807, 2.05) is 6.92 Å². The van der Waals surface area contributed by atoms with Crippen molar-refractivity contribution in [2.45, 2.75) is 37.8 Å². The van der Waals surface area contributed by atoms with Gasteiger partial charge < -0.3 is 19.7 Å². The van der Waals surface area contributed by atoms with E-state index < -0.39 is 28.5 Å². The van der Waals surface area contributed by atoms with E-state index in [0.29, 0.717) is 27.8 Å². The number of ether oxygens (including phenoxy) is 2. The van der Waals surface area contributed by atoms with Crippen molar-refractivity contribution in [1.82, 2.24) is 10.2 Å². The summed E-state index contributed by atoms with van der Waals surface area (Å²) in [6, 6.07) is 15.0. The maximum absolute atomic E-state index is 14.1. The molecule has 3 rings (SSSR count). The summed E-state index contributed by atoms with van der Waals surface area (Å²) >= 11 is 12.3.